The maximum absolute atomic E-state index is 11.6. The Bertz CT molecular complexity index is 366. The standard InChI is InChI=1S/C12H16BrNO2/c1-3-4-5-12(15)14-10-8-9(13)6-7-11(10)16-2/h6-8H,3-5H2,1-2H3,(H,14,15). The maximum atomic E-state index is 11.6. The van der Waals surface area contributed by atoms with Gasteiger partial charge >= 0.3 is 0 Å². The molecular weight excluding hydrogens is 270 g/mol. The third kappa shape index (κ3) is 3.85. The predicted molar refractivity (Wildman–Crippen MR) is 68.8 cm³/mol. The van der Waals surface area contributed by atoms with Gasteiger partial charge in [0.25, 0.3) is 0 Å². The van der Waals surface area contributed by atoms with E-state index < -0.39 is 0 Å². The van der Waals surface area contributed by atoms with Crippen LogP contribution in [0.3, 0.4) is 0 Å². The summed E-state index contributed by atoms with van der Waals surface area (Å²) >= 11 is 3.36. The van der Waals surface area contributed by atoms with Crippen molar-refractivity contribution in [2.75, 3.05) is 12.4 Å². The first-order chi connectivity index (χ1) is 7.67. The van der Waals surface area contributed by atoms with Crippen LogP contribution in [0.4, 0.5) is 5.69 Å². The fraction of sp³-hybridized carbons (Fsp3) is 0.417. The lowest BCUT2D eigenvalue weighted by atomic mass is 10.2. The quantitative estimate of drug-likeness (QED) is 0.898. The van der Waals surface area contributed by atoms with Crippen molar-refractivity contribution in [2.24, 2.45) is 0 Å². The second kappa shape index (κ2) is 6.53. The van der Waals surface area contributed by atoms with Crippen molar-refractivity contribution in [1.29, 1.82) is 0 Å². The predicted octanol–water partition coefficient (Wildman–Crippen LogP) is 3.59. The van der Waals surface area contributed by atoms with Crippen molar-refractivity contribution in [3.8, 4) is 5.75 Å². The zero-order valence-corrected chi connectivity index (χ0v) is 11.1. The van der Waals surface area contributed by atoms with Crippen molar-refractivity contribution in [1.82, 2.24) is 0 Å². The normalized spacial score (nSPS) is 9.94. The number of benzene rings is 1. The van der Waals surface area contributed by atoms with Crippen molar-refractivity contribution < 1.29 is 9.53 Å². The van der Waals surface area contributed by atoms with Crippen LogP contribution in [0.25, 0.3) is 0 Å². The van der Waals surface area contributed by atoms with Crippen LogP contribution < -0.4 is 10.1 Å². The van der Waals surface area contributed by atoms with E-state index in [0.29, 0.717) is 17.9 Å². The van der Waals surface area contributed by atoms with E-state index in [1.165, 1.54) is 0 Å². The number of anilines is 1. The maximum Gasteiger partial charge on any atom is 0.224 e. The third-order valence-corrected chi connectivity index (χ3v) is 2.69. The minimum absolute atomic E-state index is 0.0262. The Hall–Kier alpha value is -1.03. The van der Waals surface area contributed by atoms with Crippen LogP contribution in [0.1, 0.15) is 26.2 Å². The Morgan fingerprint density at radius 2 is 2.25 bits per heavy atom. The van der Waals surface area contributed by atoms with Crippen molar-refractivity contribution >= 4 is 27.5 Å². The molecule has 0 fully saturated rings. The first kappa shape index (κ1) is 13.0. The average molecular weight is 286 g/mol. The SMILES string of the molecule is CCCCC(=O)Nc1cc(Br)ccc1OC. The van der Waals surface area contributed by atoms with Gasteiger partial charge in [-0.25, -0.2) is 0 Å². The number of ether oxygens (including phenoxy) is 1. The Balaban J connectivity index is 2.71. The number of hydrogen-bond acceptors (Lipinski definition) is 2. The molecule has 0 bridgehead atoms. The van der Waals surface area contributed by atoms with E-state index in [1.54, 1.807) is 7.11 Å². The highest BCUT2D eigenvalue weighted by molar-refractivity contribution is 9.10. The summed E-state index contributed by atoms with van der Waals surface area (Å²) in [7, 11) is 1.59. The molecule has 3 nitrogen and oxygen atoms in total. The van der Waals surface area contributed by atoms with Gasteiger partial charge in [-0.2, -0.15) is 0 Å². The number of rotatable bonds is 5. The van der Waals surface area contributed by atoms with Gasteiger partial charge in [-0.15, -0.1) is 0 Å². The van der Waals surface area contributed by atoms with Crippen LogP contribution in [0.5, 0.6) is 5.75 Å². The number of amides is 1. The van der Waals surface area contributed by atoms with Crippen LogP contribution in [-0.2, 0) is 4.79 Å². The molecule has 88 valence electrons. The molecule has 1 amide bonds. The van der Waals surface area contributed by atoms with Crippen LogP contribution >= 0.6 is 15.9 Å². The Morgan fingerprint density at radius 1 is 1.50 bits per heavy atom. The molecule has 1 aromatic carbocycles. The van der Waals surface area contributed by atoms with Gasteiger partial charge in [0.05, 0.1) is 12.8 Å². The molecule has 0 aliphatic heterocycles. The highest BCUT2D eigenvalue weighted by atomic mass is 79.9. The second-order valence-electron chi connectivity index (χ2n) is 3.50. The van der Waals surface area contributed by atoms with E-state index >= 15 is 0 Å². The highest BCUT2D eigenvalue weighted by Gasteiger charge is 2.07. The van der Waals surface area contributed by atoms with Gasteiger partial charge in [-0.1, -0.05) is 29.3 Å². The summed E-state index contributed by atoms with van der Waals surface area (Å²) in [5, 5.41) is 2.84. The van der Waals surface area contributed by atoms with E-state index in [-0.39, 0.29) is 5.91 Å². The summed E-state index contributed by atoms with van der Waals surface area (Å²) in [6.45, 7) is 2.06. The molecule has 0 unspecified atom stereocenters. The minimum atomic E-state index is 0.0262. The molecule has 1 rings (SSSR count). The zero-order valence-electron chi connectivity index (χ0n) is 9.55. The van der Waals surface area contributed by atoms with E-state index in [0.717, 1.165) is 17.3 Å². The summed E-state index contributed by atoms with van der Waals surface area (Å²) in [6.07, 6.45) is 2.47. The van der Waals surface area contributed by atoms with Gasteiger partial charge in [0.15, 0.2) is 0 Å². The molecule has 0 radical (unpaired) electrons. The molecule has 0 saturated carbocycles. The molecule has 0 heterocycles. The summed E-state index contributed by atoms with van der Waals surface area (Å²) in [5.74, 6) is 0.700. The lowest BCUT2D eigenvalue weighted by molar-refractivity contribution is -0.116. The first-order valence-electron chi connectivity index (χ1n) is 5.30. The van der Waals surface area contributed by atoms with E-state index in [2.05, 4.69) is 28.2 Å². The fourth-order valence-corrected chi connectivity index (χ4v) is 1.69. The van der Waals surface area contributed by atoms with Crippen LogP contribution in [-0.4, -0.2) is 13.0 Å². The van der Waals surface area contributed by atoms with Crippen molar-refractivity contribution in [3.63, 3.8) is 0 Å². The van der Waals surface area contributed by atoms with Crippen molar-refractivity contribution in [2.45, 2.75) is 26.2 Å². The third-order valence-electron chi connectivity index (χ3n) is 2.19. The molecule has 0 atom stereocenters. The number of unbranched alkanes of at least 4 members (excludes halogenated alkanes) is 1. The number of halogens is 1. The highest BCUT2D eigenvalue weighted by Crippen LogP contribution is 2.27. The van der Waals surface area contributed by atoms with Crippen molar-refractivity contribution in [3.05, 3.63) is 22.7 Å². The monoisotopic (exact) mass is 285 g/mol. The zero-order chi connectivity index (χ0) is 12.0. The Morgan fingerprint density at radius 3 is 2.88 bits per heavy atom. The molecule has 4 heteroatoms. The summed E-state index contributed by atoms with van der Waals surface area (Å²) < 4.78 is 6.09. The molecule has 1 N–H and O–H groups in total. The molecule has 0 aliphatic rings. The van der Waals surface area contributed by atoms with Gasteiger partial charge in [0.2, 0.25) is 5.91 Å². The van der Waals surface area contributed by atoms with Gasteiger partial charge in [-0.05, 0) is 24.6 Å². The van der Waals surface area contributed by atoms with Crippen LogP contribution in [0.2, 0.25) is 0 Å². The number of carbonyl (C=O) groups excluding carboxylic acids is 1. The number of carbonyl (C=O) groups is 1. The molecule has 0 aliphatic carbocycles. The van der Waals surface area contributed by atoms with Gasteiger partial charge in [-0.3, -0.25) is 4.79 Å². The van der Waals surface area contributed by atoms with Gasteiger partial charge < -0.3 is 10.1 Å². The Labute approximate surface area is 104 Å². The number of hydrogen-bond donors (Lipinski definition) is 1. The van der Waals surface area contributed by atoms with E-state index in [9.17, 15) is 4.79 Å². The Kier molecular flexibility index (Phi) is 5.32. The number of nitrogens with one attached hydrogen (secondary N) is 1. The van der Waals surface area contributed by atoms with E-state index in [4.69, 9.17) is 4.74 Å². The fourth-order valence-electron chi connectivity index (χ4n) is 1.33. The van der Waals surface area contributed by atoms with Gasteiger partial charge in [0.1, 0.15) is 5.75 Å². The van der Waals surface area contributed by atoms with Crippen LogP contribution in [0.15, 0.2) is 22.7 Å². The minimum Gasteiger partial charge on any atom is -0.495 e. The average Bonchev–Trinajstić information content (AvgIpc) is 2.27. The molecule has 0 saturated heterocycles. The van der Waals surface area contributed by atoms with Crippen LogP contribution in [0, 0.1) is 0 Å². The molecule has 1 aromatic rings. The summed E-state index contributed by atoms with van der Waals surface area (Å²) in [5.41, 5.74) is 0.706. The topological polar surface area (TPSA) is 38.3 Å². The lowest BCUT2D eigenvalue weighted by Crippen LogP contribution is -2.11. The largest absolute Gasteiger partial charge is 0.495 e. The number of methoxy groups -OCH3 is 1. The van der Waals surface area contributed by atoms with Gasteiger partial charge in [0, 0.05) is 10.9 Å². The smallest absolute Gasteiger partial charge is 0.224 e. The summed E-state index contributed by atoms with van der Waals surface area (Å²) in [6, 6.07) is 5.53. The van der Waals surface area contributed by atoms with E-state index in [1.807, 2.05) is 18.2 Å². The molecular formula is C12H16BrNO2. The lowest BCUT2D eigenvalue weighted by Gasteiger charge is -2.10. The first-order valence-corrected chi connectivity index (χ1v) is 6.10. The second-order valence-corrected chi connectivity index (χ2v) is 4.41. The molecule has 0 aromatic heterocycles. The molecule has 16 heavy (non-hydrogen) atoms. The molecule has 0 spiro atoms. The summed E-state index contributed by atoms with van der Waals surface area (Å²) in [4.78, 5) is 11.6.